The highest BCUT2D eigenvalue weighted by atomic mass is 79.9. The lowest BCUT2D eigenvalue weighted by molar-refractivity contribution is 0.211. The zero-order valence-electron chi connectivity index (χ0n) is 10.6. The highest BCUT2D eigenvalue weighted by molar-refractivity contribution is 9.10. The first-order valence-corrected chi connectivity index (χ1v) is 6.78. The van der Waals surface area contributed by atoms with Gasteiger partial charge in [0.2, 0.25) is 0 Å². The zero-order chi connectivity index (χ0) is 13.8. The standard InChI is InChI=1S/C15H15BrFNO/c1-10-4-2-3-5-12(10)15(9-18)19-14-8-11(17)6-7-13(14)16/h2-8,15H,9,18H2,1H3. The molecule has 100 valence electrons. The summed E-state index contributed by atoms with van der Waals surface area (Å²) in [5.74, 6) is 0.123. The van der Waals surface area contributed by atoms with Crippen molar-refractivity contribution in [2.24, 2.45) is 5.73 Å². The molecule has 0 bridgehead atoms. The van der Waals surface area contributed by atoms with E-state index in [2.05, 4.69) is 15.9 Å². The Bertz CT molecular complexity index is 574. The molecular weight excluding hydrogens is 309 g/mol. The number of aryl methyl sites for hydroxylation is 1. The van der Waals surface area contributed by atoms with Crippen molar-refractivity contribution in [3.05, 3.63) is 63.9 Å². The molecule has 4 heteroatoms. The summed E-state index contributed by atoms with van der Waals surface area (Å²) in [5, 5.41) is 0. The molecule has 2 aromatic carbocycles. The number of rotatable bonds is 4. The first kappa shape index (κ1) is 14.0. The number of hydrogen-bond acceptors (Lipinski definition) is 2. The third-order valence-corrected chi connectivity index (χ3v) is 3.57. The highest BCUT2D eigenvalue weighted by Gasteiger charge is 2.15. The normalized spacial score (nSPS) is 12.2. The predicted octanol–water partition coefficient (Wildman–Crippen LogP) is 3.98. The third-order valence-electron chi connectivity index (χ3n) is 2.91. The Labute approximate surface area is 120 Å². The van der Waals surface area contributed by atoms with E-state index >= 15 is 0 Å². The maximum absolute atomic E-state index is 13.3. The smallest absolute Gasteiger partial charge is 0.137 e. The highest BCUT2D eigenvalue weighted by Crippen LogP contribution is 2.30. The SMILES string of the molecule is Cc1ccccc1C(CN)Oc1cc(F)ccc1Br. The number of halogens is 2. The van der Waals surface area contributed by atoms with Crippen molar-refractivity contribution >= 4 is 15.9 Å². The first-order valence-electron chi connectivity index (χ1n) is 5.99. The van der Waals surface area contributed by atoms with Gasteiger partial charge in [-0.2, -0.15) is 0 Å². The second kappa shape index (κ2) is 6.17. The number of ether oxygens (including phenoxy) is 1. The molecule has 0 radical (unpaired) electrons. The molecule has 2 rings (SSSR count). The van der Waals surface area contributed by atoms with Gasteiger partial charge >= 0.3 is 0 Å². The molecule has 0 aliphatic heterocycles. The fraction of sp³-hybridized carbons (Fsp3) is 0.200. The van der Waals surface area contributed by atoms with Crippen LogP contribution in [0.4, 0.5) is 4.39 Å². The van der Waals surface area contributed by atoms with Crippen LogP contribution < -0.4 is 10.5 Å². The molecule has 0 saturated heterocycles. The van der Waals surface area contributed by atoms with Crippen molar-refractivity contribution in [1.82, 2.24) is 0 Å². The molecule has 2 aromatic rings. The topological polar surface area (TPSA) is 35.2 Å². The number of benzene rings is 2. The average molecular weight is 324 g/mol. The summed E-state index contributed by atoms with van der Waals surface area (Å²) in [5.41, 5.74) is 7.89. The summed E-state index contributed by atoms with van der Waals surface area (Å²) in [6.07, 6.45) is -0.292. The van der Waals surface area contributed by atoms with E-state index in [1.807, 2.05) is 31.2 Å². The molecule has 1 unspecified atom stereocenters. The van der Waals surface area contributed by atoms with Crippen LogP contribution in [0.15, 0.2) is 46.9 Å². The molecule has 2 nitrogen and oxygen atoms in total. The van der Waals surface area contributed by atoms with Crippen LogP contribution in [0.5, 0.6) is 5.75 Å². The lowest BCUT2D eigenvalue weighted by atomic mass is 10.0. The fourth-order valence-electron chi connectivity index (χ4n) is 1.91. The van der Waals surface area contributed by atoms with Gasteiger partial charge in [0.15, 0.2) is 0 Å². The molecule has 0 aliphatic carbocycles. The quantitative estimate of drug-likeness (QED) is 0.923. The van der Waals surface area contributed by atoms with Crippen LogP contribution >= 0.6 is 15.9 Å². The van der Waals surface area contributed by atoms with Gasteiger partial charge in [0.05, 0.1) is 4.47 Å². The minimum atomic E-state index is -0.334. The average Bonchev–Trinajstić information content (AvgIpc) is 2.41. The molecule has 0 heterocycles. The van der Waals surface area contributed by atoms with Crippen molar-refractivity contribution in [2.75, 3.05) is 6.54 Å². The zero-order valence-corrected chi connectivity index (χ0v) is 12.2. The van der Waals surface area contributed by atoms with E-state index in [-0.39, 0.29) is 11.9 Å². The summed E-state index contributed by atoms with van der Waals surface area (Å²) in [4.78, 5) is 0. The van der Waals surface area contributed by atoms with E-state index in [0.29, 0.717) is 16.8 Å². The van der Waals surface area contributed by atoms with Crippen LogP contribution in [0.2, 0.25) is 0 Å². The third kappa shape index (κ3) is 3.33. The van der Waals surface area contributed by atoms with Gasteiger partial charge in [0, 0.05) is 12.6 Å². The molecule has 2 N–H and O–H groups in total. The number of hydrogen-bond donors (Lipinski definition) is 1. The second-order valence-corrected chi connectivity index (χ2v) is 5.13. The molecule has 19 heavy (non-hydrogen) atoms. The molecule has 0 amide bonds. The minimum Gasteiger partial charge on any atom is -0.483 e. The van der Waals surface area contributed by atoms with Crippen molar-refractivity contribution in [3.63, 3.8) is 0 Å². The molecule has 0 fully saturated rings. The van der Waals surface area contributed by atoms with Gasteiger partial charge < -0.3 is 10.5 Å². The second-order valence-electron chi connectivity index (χ2n) is 4.27. The van der Waals surface area contributed by atoms with Crippen molar-refractivity contribution in [2.45, 2.75) is 13.0 Å². The van der Waals surface area contributed by atoms with Crippen LogP contribution in [0, 0.1) is 12.7 Å². The Balaban J connectivity index is 2.29. The van der Waals surface area contributed by atoms with E-state index in [4.69, 9.17) is 10.5 Å². The van der Waals surface area contributed by atoms with Crippen molar-refractivity contribution in [3.8, 4) is 5.75 Å². The molecule has 0 aliphatic rings. The molecular formula is C15H15BrFNO. The maximum atomic E-state index is 13.3. The van der Waals surface area contributed by atoms with Gasteiger partial charge in [-0.3, -0.25) is 0 Å². The summed E-state index contributed by atoms with van der Waals surface area (Å²) >= 11 is 3.35. The van der Waals surface area contributed by atoms with E-state index in [0.717, 1.165) is 11.1 Å². The predicted molar refractivity (Wildman–Crippen MR) is 77.7 cm³/mol. The fourth-order valence-corrected chi connectivity index (χ4v) is 2.25. The Hall–Kier alpha value is -1.39. The first-order chi connectivity index (χ1) is 9.11. The van der Waals surface area contributed by atoms with Gasteiger partial charge in [-0.15, -0.1) is 0 Å². The Morgan fingerprint density at radius 2 is 2.00 bits per heavy atom. The van der Waals surface area contributed by atoms with Crippen molar-refractivity contribution in [1.29, 1.82) is 0 Å². The van der Waals surface area contributed by atoms with Gasteiger partial charge in [-0.1, -0.05) is 24.3 Å². The lowest BCUT2D eigenvalue weighted by Crippen LogP contribution is -2.19. The van der Waals surface area contributed by atoms with E-state index < -0.39 is 0 Å². The monoisotopic (exact) mass is 323 g/mol. The summed E-state index contributed by atoms with van der Waals surface area (Å²) < 4.78 is 19.8. The molecule has 1 atom stereocenters. The molecule has 0 aromatic heterocycles. The van der Waals surface area contributed by atoms with Crippen LogP contribution in [-0.2, 0) is 0 Å². The Morgan fingerprint density at radius 3 is 2.68 bits per heavy atom. The lowest BCUT2D eigenvalue weighted by Gasteiger charge is -2.20. The minimum absolute atomic E-state index is 0.292. The molecule has 0 spiro atoms. The van der Waals surface area contributed by atoms with Crippen LogP contribution in [-0.4, -0.2) is 6.54 Å². The van der Waals surface area contributed by atoms with E-state index in [9.17, 15) is 4.39 Å². The van der Waals surface area contributed by atoms with Gasteiger partial charge in [-0.25, -0.2) is 4.39 Å². The van der Waals surface area contributed by atoms with Gasteiger partial charge in [0.25, 0.3) is 0 Å². The Kier molecular flexibility index (Phi) is 4.56. The largest absolute Gasteiger partial charge is 0.483 e. The van der Waals surface area contributed by atoms with Gasteiger partial charge in [-0.05, 0) is 46.1 Å². The van der Waals surface area contributed by atoms with Crippen molar-refractivity contribution < 1.29 is 9.13 Å². The van der Waals surface area contributed by atoms with E-state index in [1.165, 1.54) is 12.1 Å². The molecule has 0 saturated carbocycles. The summed E-state index contributed by atoms with van der Waals surface area (Å²) in [7, 11) is 0. The summed E-state index contributed by atoms with van der Waals surface area (Å²) in [6, 6.07) is 12.2. The van der Waals surface area contributed by atoms with Crippen LogP contribution in [0.1, 0.15) is 17.2 Å². The maximum Gasteiger partial charge on any atom is 0.137 e. The van der Waals surface area contributed by atoms with Gasteiger partial charge in [0.1, 0.15) is 17.7 Å². The van der Waals surface area contributed by atoms with E-state index in [1.54, 1.807) is 6.07 Å². The van der Waals surface area contributed by atoms with Crippen LogP contribution in [0.3, 0.4) is 0 Å². The summed E-state index contributed by atoms with van der Waals surface area (Å²) in [6.45, 7) is 2.33. The number of nitrogens with two attached hydrogens (primary N) is 1. The Morgan fingerprint density at radius 1 is 1.26 bits per heavy atom. The van der Waals surface area contributed by atoms with Crippen LogP contribution in [0.25, 0.3) is 0 Å².